The molecule has 0 fully saturated rings. The Bertz CT molecular complexity index is 980. The minimum absolute atomic E-state index is 0.470. The first-order chi connectivity index (χ1) is 14.9. The van der Waals surface area contributed by atoms with Crippen LogP contribution in [0.3, 0.4) is 0 Å². The van der Waals surface area contributed by atoms with E-state index in [4.69, 9.17) is 35.9 Å². The standard InChI is InChI=1S/2C8H9NS.C6F4I2/c2*1-6-4-2-3-5-7(6)8(9)10;7-1-2(8)6(12)4(10)3(9)5(1)11/h2*2-5H,1H3,(H2,9,10);. The number of halogens is 6. The Balaban J connectivity index is 0.000000241. The van der Waals surface area contributed by atoms with Gasteiger partial charge in [0.2, 0.25) is 0 Å². The van der Waals surface area contributed by atoms with Gasteiger partial charge in [-0.15, -0.1) is 0 Å². The normalized spacial score (nSPS) is 9.75. The van der Waals surface area contributed by atoms with E-state index < -0.39 is 30.4 Å². The highest BCUT2D eigenvalue weighted by Gasteiger charge is 2.21. The van der Waals surface area contributed by atoms with Gasteiger partial charge >= 0.3 is 0 Å². The van der Waals surface area contributed by atoms with Crippen LogP contribution in [0.5, 0.6) is 0 Å². The maximum absolute atomic E-state index is 12.6. The first-order valence-corrected chi connectivity index (χ1v) is 11.7. The second kappa shape index (κ2) is 13.4. The van der Waals surface area contributed by atoms with Gasteiger partial charge in [-0.1, -0.05) is 73.0 Å². The summed E-state index contributed by atoms with van der Waals surface area (Å²) in [6.45, 7) is 3.99. The van der Waals surface area contributed by atoms with Gasteiger partial charge < -0.3 is 11.5 Å². The van der Waals surface area contributed by atoms with Crippen molar-refractivity contribution < 1.29 is 17.6 Å². The van der Waals surface area contributed by atoms with E-state index >= 15 is 0 Å². The Hall–Kier alpha value is -1.38. The van der Waals surface area contributed by atoms with Crippen molar-refractivity contribution in [2.45, 2.75) is 13.8 Å². The number of benzene rings is 3. The third-order valence-electron chi connectivity index (χ3n) is 3.98. The number of hydrogen-bond donors (Lipinski definition) is 2. The lowest BCUT2D eigenvalue weighted by molar-refractivity contribution is 0.437. The molecule has 2 nitrogen and oxygen atoms in total. The summed E-state index contributed by atoms with van der Waals surface area (Å²) in [5, 5.41) is 0. The average Bonchev–Trinajstić information content (AvgIpc) is 2.76. The third-order valence-corrected chi connectivity index (χ3v) is 6.31. The Kier molecular flexibility index (Phi) is 12.0. The Morgan fingerprint density at radius 3 is 1.06 bits per heavy atom. The van der Waals surface area contributed by atoms with Gasteiger partial charge in [0.05, 0.1) is 7.14 Å². The zero-order chi connectivity index (χ0) is 24.6. The summed E-state index contributed by atoms with van der Waals surface area (Å²) in [4.78, 5) is 0.941. The van der Waals surface area contributed by atoms with Gasteiger partial charge in [-0.25, -0.2) is 17.6 Å². The molecule has 0 saturated carbocycles. The Labute approximate surface area is 222 Å². The predicted molar refractivity (Wildman–Crippen MR) is 146 cm³/mol. The minimum Gasteiger partial charge on any atom is -0.389 e. The second-order valence-corrected chi connectivity index (χ2v) is 9.28. The lowest BCUT2D eigenvalue weighted by atomic mass is 10.1. The van der Waals surface area contributed by atoms with Gasteiger partial charge in [-0.05, 0) is 70.2 Å². The topological polar surface area (TPSA) is 52.0 Å². The summed E-state index contributed by atoms with van der Waals surface area (Å²) >= 11 is 12.1. The van der Waals surface area contributed by atoms with Crippen LogP contribution < -0.4 is 11.5 Å². The molecule has 0 aliphatic rings. The fraction of sp³-hybridized carbons (Fsp3) is 0.0909. The number of hydrogen-bond acceptors (Lipinski definition) is 2. The highest BCUT2D eigenvalue weighted by Crippen LogP contribution is 2.26. The van der Waals surface area contributed by atoms with Crippen molar-refractivity contribution in [3.8, 4) is 0 Å². The summed E-state index contributed by atoms with van der Waals surface area (Å²) in [6.07, 6.45) is 0. The third kappa shape index (κ3) is 7.89. The van der Waals surface area contributed by atoms with Crippen LogP contribution >= 0.6 is 69.6 Å². The molecule has 0 heterocycles. The number of aryl methyl sites for hydroxylation is 2. The highest BCUT2D eigenvalue weighted by atomic mass is 127. The van der Waals surface area contributed by atoms with E-state index in [0.717, 1.165) is 22.3 Å². The van der Waals surface area contributed by atoms with Crippen LogP contribution in [0, 0.1) is 44.3 Å². The molecule has 0 aliphatic heterocycles. The fourth-order valence-electron chi connectivity index (χ4n) is 2.28. The van der Waals surface area contributed by atoms with Crippen molar-refractivity contribution in [2.24, 2.45) is 11.5 Å². The molecule has 0 atom stereocenters. The SMILES string of the molecule is Cc1ccccc1C(N)=S.Cc1ccccc1C(N)=S.Fc1c(F)c(I)c(F)c(F)c1I. The number of thiocarbonyl (C=S) groups is 2. The van der Waals surface area contributed by atoms with Crippen LogP contribution in [-0.2, 0) is 0 Å². The molecule has 0 bridgehead atoms. The molecule has 0 amide bonds. The highest BCUT2D eigenvalue weighted by molar-refractivity contribution is 14.1. The van der Waals surface area contributed by atoms with E-state index in [1.54, 1.807) is 0 Å². The summed E-state index contributed by atoms with van der Waals surface area (Å²) in [5.41, 5.74) is 15.1. The lowest BCUT2D eigenvalue weighted by Gasteiger charge is -2.02. The van der Waals surface area contributed by atoms with Crippen LogP contribution in [-0.4, -0.2) is 9.98 Å². The molecule has 170 valence electrons. The van der Waals surface area contributed by atoms with Gasteiger partial charge in [0.1, 0.15) is 9.98 Å². The molecule has 0 aliphatic carbocycles. The van der Waals surface area contributed by atoms with Crippen molar-refractivity contribution in [1.82, 2.24) is 0 Å². The molecule has 0 unspecified atom stereocenters. The van der Waals surface area contributed by atoms with Gasteiger partial charge in [0.15, 0.2) is 23.3 Å². The monoisotopic (exact) mass is 704 g/mol. The van der Waals surface area contributed by atoms with Crippen molar-refractivity contribution in [3.05, 3.63) is 101 Å². The first kappa shape index (κ1) is 28.7. The Morgan fingerprint density at radius 2 is 0.875 bits per heavy atom. The molecule has 10 heteroatoms. The van der Waals surface area contributed by atoms with E-state index in [1.165, 1.54) is 45.2 Å². The first-order valence-electron chi connectivity index (χ1n) is 8.77. The van der Waals surface area contributed by atoms with E-state index in [-0.39, 0.29) is 0 Å². The molecule has 32 heavy (non-hydrogen) atoms. The maximum Gasteiger partial charge on any atom is 0.176 e. The number of rotatable bonds is 2. The summed E-state index contributed by atoms with van der Waals surface area (Å²) in [5.74, 6) is -5.39. The maximum atomic E-state index is 12.6. The molecule has 0 aromatic heterocycles. The summed E-state index contributed by atoms with van der Waals surface area (Å²) in [6, 6.07) is 15.6. The smallest absolute Gasteiger partial charge is 0.176 e. The van der Waals surface area contributed by atoms with E-state index in [9.17, 15) is 17.6 Å². The molecule has 3 aromatic carbocycles. The molecule has 4 N–H and O–H groups in total. The van der Waals surface area contributed by atoms with Crippen LogP contribution in [0.4, 0.5) is 17.6 Å². The van der Waals surface area contributed by atoms with Gasteiger partial charge in [-0.3, -0.25) is 0 Å². The van der Waals surface area contributed by atoms with Crippen molar-refractivity contribution in [3.63, 3.8) is 0 Å². The Morgan fingerprint density at radius 1 is 0.625 bits per heavy atom. The van der Waals surface area contributed by atoms with E-state index in [2.05, 4.69) is 0 Å². The molecule has 3 rings (SSSR count). The van der Waals surface area contributed by atoms with Crippen LogP contribution in [0.2, 0.25) is 0 Å². The van der Waals surface area contributed by atoms with Gasteiger partial charge in [-0.2, -0.15) is 0 Å². The minimum atomic E-state index is -1.35. The molecular formula is C22H18F4I2N2S2. The van der Waals surface area contributed by atoms with E-state index in [1.807, 2.05) is 62.4 Å². The van der Waals surface area contributed by atoms with Crippen LogP contribution in [0.1, 0.15) is 22.3 Å². The molecule has 3 aromatic rings. The fourth-order valence-corrected chi connectivity index (χ4v) is 3.68. The second-order valence-electron chi connectivity index (χ2n) is 6.24. The largest absolute Gasteiger partial charge is 0.389 e. The number of nitrogens with two attached hydrogens (primary N) is 2. The average molecular weight is 704 g/mol. The van der Waals surface area contributed by atoms with Crippen LogP contribution in [0.25, 0.3) is 0 Å². The summed E-state index contributed by atoms with van der Waals surface area (Å²) in [7, 11) is 0. The van der Waals surface area contributed by atoms with Gasteiger partial charge in [0, 0.05) is 11.1 Å². The zero-order valence-corrected chi connectivity index (χ0v) is 22.8. The quantitative estimate of drug-likeness (QED) is 0.103. The summed E-state index contributed by atoms with van der Waals surface area (Å²) < 4.78 is 49.2. The zero-order valence-electron chi connectivity index (χ0n) is 16.9. The van der Waals surface area contributed by atoms with Crippen LogP contribution in [0.15, 0.2) is 48.5 Å². The molecular weight excluding hydrogens is 686 g/mol. The predicted octanol–water partition coefficient (Wildman–Crippen LogP) is 6.71. The molecule has 0 radical (unpaired) electrons. The van der Waals surface area contributed by atoms with Crippen molar-refractivity contribution in [1.29, 1.82) is 0 Å². The van der Waals surface area contributed by atoms with Crippen molar-refractivity contribution >= 4 is 79.6 Å². The van der Waals surface area contributed by atoms with Gasteiger partial charge in [0.25, 0.3) is 0 Å². The van der Waals surface area contributed by atoms with Crippen molar-refractivity contribution in [2.75, 3.05) is 0 Å². The molecule has 0 saturated heterocycles. The lowest BCUT2D eigenvalue weighted by Crippen LogP contribution is -2.10. The van der Waals surface area contributed by atoms with E-state index in [0.29, 0.717) is 9.98 Å². The molecule has 0 spiro atoms.